The van der Waals surface area contributed by atoms with Gasteiger partial charge in [0.2, 0.25) is 5.91 Å². The van der Waals surface area contributed by atoms with E-state index in [0.29, 0.717) is 12.5 Å². The van der Waals surface area contributed by atoms with Crippen LogP contribution in [-0.4, -0.2) is 25.6 Å². The second-order valence-corrected chi connectivity index (χ2v) is 7.24. The van der Waals surface area contributed by atoms with Crippen molar-refractivity contribution in [1.82, 2.24) is 10.6 Å². The SMILES string of the molecule is Cc1ccc(CNC(=O)C2CCNCC2)c(OCCCC(C)C)c1. The number of carbonyl (C=O) groups excluding carboxylic acids is 1. The summed E-state index contributed by atoms with van der Waals surface area (Å²) in [4.78, 5) is 12.3. The highest BCUT2D eigenvalue weighted by molar-refractivity contribution is 5.78. The fourth-order valence-electron chi connectivity index (χ4n) is 3.03. The van der Waals surface area contributed by atoms with Crippen LogP contribution in [0.5, 0.6) is 5.75 Å². The normalized spacial score (nSPS) is 15.5. The molecule has 0 atom stereocenters. The molecule has 0 aliphatic carbocycles. The number of aryl methyl sites for hydroxylation is 1. The lowest BCUT2D eigenvalue weighted by Crippen LogP contribution is -2.37. The van der Waals surface area contributed by atoms with E-state index in [1.54, 1.807) is 0 Å². The average molecular weight is 332 g/mol. The van der Waals surface area contributed by atoms with E-state index in [0.717, 1.165) is 50.3 Å². The van der Waals surface area contributed by atoms with E-state index in [-0.39, 0.29) is 11.8 Å². The zero-order valence-corrected chi connectivity index (χ0v) is 15.4. The first-order chi connectivity index (χ1) is 11.6. The van der Waals surface area contributed by atoms with Crippen LogP contribution >= 0.6 is 0 Å². The second kappa shape index (κ2) is 9.67. The summed E-state index contributed by atoms with van der Waals surface area (Å²) in [7, 11) is 0. The van der Waals surface area contributed by atoms with Crippen LogP contribution in [0.3, 0.4) is 0 Å². The summed E-state index contributed by atoms with van der Waals surface area (Å²) < 4.78 is 5.98. The first-order valence-corrected chi connectivity index (χ1v) is 9.27. The third kappa shape index (κ3) is 6.16. The molecule has 0 saturated carbocycles. The molecule has 1 aliphatic heterocycles. The molecule has 0 unspecified atom stereocenters. The van der Waals surface area contributed by atoms with Gasteiger partial charge >= 0.3 is 0 Å². The number of hydrogen-bond acceptors (Lipinski definition) is 3. The lowest BCUT2D eigenvalue weighted by Gasteiger charge is -2.22. The number of piperidine rings is 1. The predicted molar refractivity (Wildman–Crippen MR) is 98.2 cm³/mol. The van der Waals surface area contributed by atoms with Crippen molar-refractivity contribution in [2.75, 3.05) is 19.7 Å². The quantitative estimate of drug-likeness (QED) is 0.717. The Labute approximate surface area is 146 Å². The van der Waals surface area contributed by atoms with Gasteiger partial charge in [0.15, 0.2) is 0 Å². The maximum absolute atomic E-state index is 12.3. The highest BCUT2D eigenvalue weighted by Crippen LogP contribution is 2.21. The number of amides is 1. The molecule has 4 nitrogen and oxygen atoms in total. The third-order valence-electron chi connectivity index (χ3n) is 4.57. The van der Waals surface area contributed by atoms with Gasteiger partial charge in [-0.2, -0.15) is 0 Å². The van der Waals surface area contributed by atoms with E-state index < -0.39 is 0 Å². The minimum atomic E-state index is 0.145. The Balaban J connectivity index is 1.87. The zero-order valence-electron chi connectivity index (χ0n) is 15.4. The van der Waals surface area contributed by atoms with Crippen molar-refractivity contribution in [3.8, 4) is 5.75 Å². The monoisotopic (exact) mass is 332 g/mol. The van der Waals surface area contributed by atoms with Crippen molar-refractivity contribution in [3.63, 3.8) is 0 Å². The highest BCUT2D eigenvalue weighted by atomic mass is 16.5. The van der Waals surface area contributed by atoms with Gasteiger partial charge < -0.3 is 15.4 Å². The number of carbonyl (C=O) groups is 1. The highest BCUT2D eigenvalue weighted by Gasteiger charge is 2.20. The molecule has 1 heterocycles. The van der Waals surface area contributed by atoms with Gasteiger partial charge in [0.1, 0.15) is 5.75 Å². The second-order valence-electron chi connectivity index (χ2n) is 7.24. The van der Waals surface area contributed by atoms with Crippen molar-refractivity contribution < 1.29 is 9.53 Å². The van der Waals surface area contributed by atoms with Gasteiger partial charge in [-0.3, -0.25) is 4.79 Å². The summed E-state index contributed by atoms with van der Waals surface area (Å²) in [5.74, 6) is 1.93. The van der Waals surface area contributed by atoms with Crippen LogP contribution in [0.4, 0.5) is 0 Å². The van der Waals surface area contributed by atoms with Crippen LogP contribution in [0.1, 0.15) is 50.7 Å². The van der Waals surface area contributed by atoms with Gasteiger partial charge in [-0.25, -0.2) is 0 Å². The predicted octanol–water partition coefficient (Wildman–Crippen LogP) is 3.43. The Morgan fingerprint density at radius 1 is 1.33 bits per heavy atom. The van der Waals surface area contributed by atoms with E-state index >= 15 is 0 Å². The molecular weight excluding hydrogens is 300 g/mol. The lowest BCUT2D eigenvalue weighted by atomic mass is 9.97. The molecule has 1 aromatic rings. The lowest BCUT2D eigenvalue weighted by molar-refractivity contribution is -0.125. The number of ether oxygens (including phenoxy) is 1. The Kier molecular flexibility index (Phi) is 7.57. The summed E-state index contributed by atoms with van der Waals surface area (Å²) in [6.07, 6.45) is 4.09. The fourth-order valence-corrected chi connectivity index (χ4v) is 3.03. The number of rotatable bonds is 8. The Morgan fingerprint density at radius 3 is 2.79 bits per heavy atom. The molecule has 1 aromatic carbocycles. The zero-order chi connectivity index (χ0) is 17.4. The summed E-state index contributed by atoms with van der Waals surface area (Å²) in [6, 6.07) is 6.21. The molecular formula is C20H32N2O2. The summed E-state index contributed by atoms with van der Waals surface area (Å²) in [5.41, 5.74) is 2.25. The van der Waals surface area contributed by atoms with Crippen LogP contribution in [0.25, 0.3) is 0 Å². The van der Waals surface area contributed by atoms with Crippen molar-refractivity contribution in [2.45, 2.75) is 53.0 Å². The molecule has 2 N–H and O–H groups in total. The maximum Gasteiger partial charge on any atom is 0.223 e. The van der Waals surface area contributed by atoms with Crippen molar-refractivity contribution in [3.05, 3.63) is 29.3 Å². The fraction of sp³-hybridized carbons (Fsp3) is 0.650. The Morgan fingerprint density at radius 2 is 2.08 bits per heavy atom. The molecule has 0 radical (unpaired) electrons. The van der Waals surface area contributed by atoms with Crippen molar-refractivity contribution in [1.29, 1.82) is 0 Å². The minimum Gasteiger partial charge on any atom is -0.493 e. The van der Waals surface area contributed by atoms with Gasteiger partial charge in [-0.05, 0) is 63.2 Å². The number of nitrogens with one attached hydrogen (secondary N) is 2. The molecule has 1 fully saturated rings. The van der Waals surface area contributed by atoms with E-state index in [9.17, 15) is 4.79 Å². The van der Waals surface area contributed by atoms with E-state index in [4.69, 9.17) is 4.74 Å². The molecule has 1 aliphatic rings. The van der Waals surface area contributed by atoms with Crippen LogP contribution in [0.15, 0.2) is 18.2 Å². The first-order valence-electron chi connectivity index (χ1n) is 9.27. The van der Waals surface area contributed by atoms with Crippen LogP contribution in [-0.2, 0) is 11.3 Å². The molecule has 24 heavy (non-hydrogen) atoms. The number of benzene rings is 1. The molecule has 2 rings (SSSR count). The maximum atomic E-state index is 12.3. The molecule has 0 bridgehead atoms. The van der Waals surface area contributed by atoms with E-state index in [2.05, 4.69) is 49.6 Å². The summed E-state index contributed by atoms with van der Waals surface area (Å²) in [6.45, 7) is 9.68. The summed E-state index contributed by atoms with van der Waals surface area (Å²) >= 11 is 0. The Hall–Kier alpha value is -1.55. The molecule has 1 saturated heterocycles. The first kappa shape index (κ1) is 18.8. The van der Waals surface area contributed by atoms with Gasteiger partial charge in [0, 0.05) is 18.0 Å². The topological polar surface area (TPSA) is 50.4 Å². The number of hydrogen-bond donors (Lipinski definition) is 2. The van der Waals surface area contributed by atoms with Crippen LogP contribution in [0.2, 0.25) is 0 Å². The average Bonchev–Trinajstić information content (AvgIpc) is 2.58. The molecule has 4 heteroatoms. The van der Waals surface area contributed by atoms with Gasteiger partial charge in [-0.15, -0.1) is 0 Å². The van der Waals surface area contributed by atoms with Crippen LogP contribution in [0, 0.1) is 18.8 Å². The molecule has 1 amide bonds. The third-order valence-corrected chi connectivity index (χ3v) is 4.57. The van der Waals surface area contributed by atoms with Crippen LogP contribution < -0.4 is 15.4 Å². The molecule has 0 aromatic heterocycles. The van der Waals surface area contributed by atoms with Crippen molar-refractivity contribution >= 4 is 5.91 Å². The van der Waals surface area contributed by atoms with E-state index in [1.165, 1.54) is 12.0 Å². The smallest absolute Gasteiger partial charge is 0.223 e. The minimum absolute atomic E-state index is 0.145. The van der Waals surface area contributed by atoms with Gasteiger partial charge in [-0.1, -0.05) is 26.0 Å². The van der Waals surface area contributed by atoms with Gasteiger partial charge in [0.25, 0.3) is 0 Å². The standard InChI is InChI=1S/C20H32N2O2/c1-15(2)5-4-12-24-19-13-16(3)6-7-18(19)14-22-20(23)17-8-10-21-11-9-17/h6-7,13,15,17,21H,4-5,8-12,14H2,1-3H3,(H,22,23). The largest absolute Gasteiger partial charge is 0.493 e. The Bertz CT molecular complexity index is 522. The van der Waals surface area contributed by atoms with E-state index in [1.807, 2.05) is 0 Å². The van der Waals surface area contributed by atoms with Crippen molar-refractivity contribution in [2.24, 2.45) is 11.8 Å². The molecule has 134 valence electrons. The summed E-state index contributed by atoms with van der Waals surface area (Å²) in [5, 5.41) is 6.39. The molecule has 0 spiro atoms. The van der Waals surface area contributed by atoms with Gasteiger partial charge in [0.05, 0.1) is 6.61 Å².